The molecular weight excluding hydrogens is 439 g/mol. The van der Waals surface area contributed by atoms with E-state index < -0.39 is 41.5 Å². The Hall–Kier alpha value is -2.13. The van der Waals surface area contributed by atoms with Crippen molar-refractivity contribution >= 4 is 0 Å². The van der Waals surface area contributed by atoms with E-state index in [2.05, 4.69) is 5.32 Å². The van der Waals surface area contributed by atoms with Crippen molar-refractivity contribution in [1.82, 2.24) is 5.32 Å². The van der Waals surface area contributed by atoms with Crippen LogP contribution in [0, 0.1) is 11.7 Å². The van der Waals surface area contributed by atoms with Crippen LogP contribution in [0.25, 0.3) is 0 Å². The van der Waals surface area contributed by atoms with Gasteiger partial charge in [0, 0.05) is 5.92 Å². The van der Waals surface area contributed by atoms with Gasteiger partial charge in [-0.3, -0.25) is 0 Å². The summed E-state index contributed by atoms with van der Waals surface area (Å²) in [5.41, 5.74) is -2.11. The molecule has 1 aliphatic carbocycles. The maximum Gasteiger partial charge on any atom is 0.416 e. The standard InChI is InChI=1S/C23H24F7NO/c1-13(16-9-17(22(25,26)27)11-18(10-16)23(28,29)30)32-20-8-5-15(12-31-2)21(20)14-3-6-19(24)7-4-14/h3-4,6-7,9-11,13,15,20-21,31H,5,8,12H2,1-2H3/t13-,15?,20?,21?/m0/s1. The number of halogens is 7. The van der Waals surface area contributed by atoms with Crippen molar-refractivity contribution in [1.29, 1.82) is 0 Å². The van der Waals surface area contributed by atoms with Gasteiger partial charge in [0.1, 0.15) is 5.82 Å². The zero-order valence-corrected chi connectivity index (χ0v) is 17.5. The summed E-state index contributed by atoms with van der Waals surface area (Å²) in [5, 5.41) is 3.09. The molecule has 3 unspecified atom stereocenters. The summed E-state index contributed by atoms with van der Waals surface area (Å²) in [6, 6.07) is 7.44. The zero-order valence-electron chi connectivity index (χ0n) is 17.5. The van der Waals surface area contributed by atoms with Crippen molar-refractivity contribution in [3.63, 3.8) is 0 Å². The number of nitrogens with one attached hydrogen (secondary N) is 1. The second-order valence-electron chi connectivity index (χ2n) is 8.13. The first-order valence-electron chi connectivity index (χ1n) is 10.2. The van der Waals surface area contributed by atoms with Gasteiger partial charge in [0.15, 0.2) is 0 Å². The van der Waals surface area contributed by atoms with Crippen molar-refractivity contribution in [3.05, 3.63) is 70.5 Å². The van der Waals surface area contributed by atoms with Crippen LogP contribution in [0.4, 0.5) is 30.7 Å². The molecule has 9 heteroatoms. The molecule has 0 amide bonds. The Morgan fingerprint density at radius 2 is 1.50 bits per heavy atom. The van der Waals surface area contributed by atoms with Gasteiger partial charge < -0.3 is 10.1 Å². The Balaban J connectivity index is 1.90. The summed E-state index contributed by atoms with van der Waals surface area (Å²) in [7, 11) is 1.79. The van der Waals surface area contributed by atoms with Gasteiger partial charge in [-0.2, -0.15) is 26.3 Å². The summed E-state index contributed by atoms with van der Waals surface area (Å²) < 4.78 is 98.7. The number of alkyl halides is 6. The van der Waals surface area contributed by atoms with Crippen molar-refractivity contribution < 1.29 is 35.5 Å². The lowest BCUT2D eigenvalue weighted by molar-refractivity contribution is -0.143. The molecule has 4 atom stereocenters. The Morgan fingerprint density at radius 3 is 2.00 bits per heavy atom. The Kier molecular flexibility index (Phi) is 7.19. The van der Waals surface area contributed by atoms with Gasteiger partial charge in [-0.1, -0.05) is 12.1 Å². The molecule has 3 rings (SSSR count). The molecule has 0 aromatic heterocycles. The zero-order chi connectivity index (χ0) is 23.7. The summed E-state index contributed by atoms with van der Waals surface area (Å²) in [6.07, 6.45) is -9.92. The number of benzene rings is 2. The second kappa shape index (κ2) is 9.39. The average molecular weight is 463 g/mol. The number of rotatable bonds is 6. The van der Waals surface area contributed by atoms with Crippen LogP contribution in [-0.2, 0) is 17.1 Å². The summed E-state index contributed by atoms with van der Waals surface area (Å²) >= 11 is 0. The van der Waals surface area contributed by atoms with Gasteiger partial charge in [0.2, 0.25) is 0 Å². The molecule has 2 aromatic carbocycles. The van der Waals surface area contributed by atoms with Crippen LogP contribution >= 0.6 is 0 Å². The Morgan fingerprint density at radius 1 is 0.938 bits per heavy atom. The molecule has 1 aliphatic rings. The lowest BCUT2D eigenvalue weighted by Crippen LogP contribution is -2.27. The smallest absolute Gasteiger partial charge is 0.370 e. The van der Waals surface area contributed by atoms with E-state index in [0.717, 1.165) is 12.0 Å². The fourth-order valence-electron chi connectivity index (χ4n) is 4.41. The molecule has 2 nitrogen and oxygen atoms in total. The topological polar surface area (TPSA) is 21.3 Å². The third-order valence-corrected chi connectivity index (χ3v) is 5.91. The van der Waals surface area contributed by atoms with E-state index >= 15 is 0 Å². The number of hydrogen-bond acceptors (Lipinski definition) is 2. The molecule has 2 aromatic rings. The largest absolute Gasteiger partial charge is 0.416 e. The summed E-state index contributed by atoms with van der Waals surface area (Å²) in [4.78, 5) is 0. The minimum absolute atomic E-state index is 0.107. The SMILES string of the molecule is CNCC1CCC(O[C@@H](C)c2cc(C(F)(F)F)cc(C(F)(F)F)c2)C1c1ccc(F)cc1. The molecule has 0 bridgehead atoms. The van der Waals surface area contributed by atoms with Gasteiger partial charge in [-0.15, -0.1) is 0 Å². The van der Waals surface area contributed by atoms with Gasteiger partial charge in [-0.05, 0) is 80.7 Å². The quantitative estimate of drug-likeness (QED) is 0.480. The van der Waals surface area contributed by atoms with E-state index in [1.54, 1.807) is 19.2 Å². The van der Waals surface area contributed by atoms with Crippen molar-refractivity contribution in [2.24, 2.45) is 5.92 Å². The highest BCUT2D eigenvalue weighted by molar-refractivity contribution is 5.35. The van der Waals surface area contributed by atoms with E-state index in [-0.39, 0.29) is 23.5 Å². The highest BCUT2D eigenvalue weighted by Gasteiger charge is 2.40. The van der Waals surface area contributed by atoms with Gasteiger partial charge in [-0.25, -0.2) is 4.39 Å². The Bertz CT molecular complexity index is 876. The first kappa shape index (κ1) is 24.5. The van der Waals surface area contributed by atoms with E-state index in [1.165, 1.54) is 19.1 Å². The van der Waals surface area contributed by atoms with Crippen molar-refractivity contribution in [3.8, 4) is 0 Å². The normalized spacial score (nSPS) is 22.8. The van der Waals surface area contributed by atoms with Crippen LogP contribution in [0.3, 0.4) is 0 Å². The van der Waals surface area contributed by atoms with E-state index in [0.29, 0.717) is 25.1 Å². The lowest BCUT2D eigenvalue weighted by atomic mass is 9.87. The van der Waals surface area contributed by atoms with Crippen molar-refractivity contribution in [2.45, 2.75) is 50.2 Å². The molecule has 0 saturated heterocycles. The maximum atomic E-state index is 13.4. The molecule has 0 radical (unpaired) electrons. The number of ether oxygens (including phenoxy) is 1. The van der Waals surface area contributed by atoms with Crippen LogP contribution in [-0.4, -0.2) is 19.7 Å². The molecule has 176 valence electrons. The summed E-state index contributed by atoms with van der Waals surface area (Å²) in [6.45, 7) is 2.10. The fourth-order valence-corrected chi connectivity index (χ4v) is 4.41. The minimum Gasteiger partial charge on any atom is -0.370 e. The van der Waals surface area contributed by atoms with Crippen LogP contribution in [0.5, 0.6) is 0 Å². The number of hydrogen-bond donors (Lipinski definition) is 1. The van der Waals surface area contributed by atoms with Crippen LogP contribution in [0.1, 0.15) is 54.0 Å². The minimum atomic E-state index is -4.92. The van der Waals surface area contributed by atoms with Gasteiger partial charge in [0.25, 0.3) is 0 Å². The molecule has 1 fully saturated rings. The van der Waals surface area contributed by atoms with E-state index in [9.17, 15) is 30.7 Å². The molecule has 1 saturated carbocycles. The van der Waals surface area contributed by atoms with Crippen LogP contribution < -0.4 is 5.32 Å². The first-order chi connectivity index (χ1) is 14.9. The van der Waals surface area contributed by atoms with Crippen molar-refractivity contribution in [2.75, 3.05) is 13.6 Å². The Labute approximate surface area is 181 Å². The predicted octanol–water partition coefficient (Wildman–Crippen LogP) is 6.72. The highest BCUT2D eigenvalue weighted by Crippen LogP contribution is 2.44. The third-order valence-electron chi connectivity index (χ3n) is 5.91. The molecule has 1 N–H and O–H groups in total. The maximum absolute atomic E-state index is 13.4. The molecule has 0 spiro atoms. The molecule has 0 heterocycles. The second-order valence-corrected chi connectivity index (χ2v) is 8.13. The monoisotopic (exact) mass is 463 g/mol. The van der Waals surface area contributed by atoms with E-state index in [1.807, 2.05) is 0 Å². The molecule has 32 heavy (non-hydrogen) atoms. The van der Waals surface area contributed by atoms with Gasteiger partial charge >= 0.3 is 12.4 Å². The average Bonchev–Trinajstić information content (AvgIpc) is 3.09. The van der Waals surface area contributed by atoms with Crippen LogP contribution in [0.15, 0.2) is 42.5 Å². The van der Waals surface area contributed by atoms with Gasteiger partial charge in [0.05, 0.1) is 23.3 Å². The van der Waals surface area contributed by atoms with Crippen LogP contribution in [0.2, 0.25) is 0 Å². The highest BCUT2D eigenvalue weighted by atomic mass is 19.4. The predicted molar refractivity (Wildman–Crippen MR) is 106 cm³/mol. The fraction of sp³-hybridized carbons (Fsp3) is 0.478. The van der Waals surface area contributed by atoms with E-state index in [4.69, 9.17) is 4.74 Å². The lowest BCUT2D eigenvalue weighted by Gasteiger charge is -2.28. The third kappa shape index (κ3) is 5.61. The molecular formula is C23H24F7NO. The summed E-state index contributed by atoms with van der Waals surface area (Å²) in [5.74, 6) is -0.431. The molecule has 0 aliphatic heterocycles. The first-order valence-corrected chi connectivity index (χ1v) is 10.2.